The highest BCUT2D eigenvalue weighted by molar-refractivity contribution is 6.74. The summed E-state index contributed by atoms with van der Waals surface area (Å²) in [6.45, 7) is -0.431. The summed E-state index contributed by atoms with van der Waals surface area (Å²) in [6.07, 6.45) is -6.13. The van der Waals surface area contributed by atoms with E-state index in [-0.39, 0.29) is 12.7 Å². The van der Waals surface area contributed by atoms with Gasteiger partial charge in [-0.05, 0) is 6.42 Å². The Morgan fingerprint density at radius 2 is 1.72 bits per heavy atom. The molecule has 0 saturated carbocycles. The predicted molar refractivity (Wildman–Crippen MR) is 62.8 cm³/mol. The lowest BCUT2D eigenvalue weighted by Crippen LogP contribution is -2.57. The van der Waals surface area contributed by atoms with Gasteiger partial charge in [-0.1, -0.05) is 42.1 Å². The van der Waals surface area contributed by atoms with Gasteiger partial charge in [0.25, 0.3) is 0 Å². The van der Waals surface area contributed by atoms with E-state index in [0.29, 0.717) is 0 Å². The zero-order valence-electron chi connectivity index (χ0n) is 9.64. The van der Waals surface area contributed by atoms with Crippen LogP contribution in [0.25, 0.3) is 0 Å². The van der Waals surface area contributed by atoms with Crippen molar-refractivity contribution >= 4 is 12.2 Å². The van der Waals surface area contributed by atoms with Gasteiger partial charge in [0.05, 0.1) is 18.0 Å². The molecule has 1 aromatic carbocycles. The molecule has 0 amide bonds. The molecule has 2 N–H and O–H groups in total. The van der Waals surface area contributed by atoms with Gasteiger partial charge >= 0.3 is 6.18 Å². The third-order valence-electron chi connectivity index (χ3n) is 3.61. The van der Waals surface area contributed by atoms with Crippen LogP contribution in [0.4, 0.5) is 13.2 Å². The van der Waals surface area contributed by atoms with Gasteiger partial charge in [-0.2, -0.15) is 13.2 Å². The van der Waals surface area contributed by atoms with Crippen LogP contribution in [0.1, 0.15) is 6.42 Å². The highest BCUT2D eigenvalue weighted by Crippen LogP contribution is 2.37. The van der Waals surface area contributed by atoms with Crippen LogP contribution < -0.4 is 5.46 Å². The summed E-state index contributed by atoms with van der Waals surface area (Å²) < 4.78 is 37.9. The van der Waals surface area contributed by atoms with Crippen molar-refractivity contribution in [1.29, 1.82) is 0 Å². The molecule has 1 aliphatic rings. The van der Waals surface area contributed by atoms with Crippen molar-refractivity contribution in [1.82, 2.24) is 0 Å². The van der Waals surface area contributed by atoms with E-state index >= 15 is 0 Å². The number of hydrogen-bond donors (Lipinski definition) is 2. The minimum atomic E-state index is -4.46. The Morgan fingerprint density at radius 3 is 2.28 bits per heavy atom. The summed E-state index contributed by atoms with van der Waals surface area (Å²) in [5.74, 6) is -1.83. The van der Waals surface area contributed by atoms with Crippen LogP contribution in [0, 0.1) is 5.92 Å². The standard InChI is InChI=1S/C12H14BF3O2/c14-12(15,16)9-6-7-13(11(18)10(9)17)8-4-2-1-3-5-8/h1-5,9-11,17-18H,6-7H2. The number of rotatable bonds is 1. The molecule has 18 heavy (non-hydrogen) atoms. The zero-order valence-corrected chi connectivity index (χ0v) is 9.64. The fourth-order valence-corrected chi connectivity index (χ4v) is 2.60. The lowest BCUT2D eigenvalue weighted by atomic mass is 9.34. The molecule has 1 aromatic rings. The molecule has 1 saturated heterocycles. The van der Waals surface area contributed by atoms with Gasteiger partial charge in [0.1, 0.15) is 0 Å². The second-order valence-corrected chi connectivity index (χ2v) is 4.72. The third-order valence-corrected chi connectivity index (χ3v) is 3.61. The first-order valence-corrected chi connectivity index (χ1v) is 5.89. The zero-order chi connectivity index (χ0) is 13.3. The molecular weight excluding hydrogens is 244 g/mol. The van der Waals surface area contributed by atoms with Gasteiger partial charge in [0.2, 0.25) is 6.71 Å². The maximum absolute atomic E-state index is 12.6. The maximum atomic E-state index is 12.6. The lowest BCUT2D eigenvalue weighted by Gasteiger charge is -2.37. The van der Waals surface area contributed by atoms with E-state index in [0.717, 1.165) is 5.46 Å². The molecular formula is C12H14BF3O2. The first-order valence-electron chi connectivity index (χ1n) is 5.89. The first kappa shape index (κ1) is 13.4. The molecule has 0 spiro atoms. The largest absolute Gasteiger partial charge is 0.398 e. The average Bonchev–Trinajstić information content (AvgIpc) is 2.32. The normalized spacial score (nSPS) is 29.4. The number of halogens is 3. The van der Waals surface area contributed by atoms with Gasteiger partial charge in [0, 0.05) is 0 Å². The van der Waals surface area contributed by atoms with E-state index in [4.69, 9.17) is 0 Å². The lowest BCUT2D eigenvalue weighted by molar-refractivity contribution is -0.210. The number of aliphatic hydroxyl groups excluding tert-OH is 2. The summed E-state index contributed by atoms with van der Waals surface area (Å²) in [6, 6.07) is 7.48. The Hall–Kier alpha value is -1.01. The van der Waals surface area contributed by atoms with E-state index in [9.17, 15) is 23.4 Å². The Balaban J connectivity index is 2.16. The topological polar surface area (TPSA) is 40.5 Å². The SMILES string of the molecule is OC1B(c2ccccc2)CCC(C(F)(F)F)C1O. The van der Waals surface area contributed by atoms with Crippen molar-refractivity contribution < 1.29 is 23.4 Å². The summed E-state index contributed by atoms with van der Waals surface area (Å²) in [4.78, 5) is 0. The van der Waals surface area contributed by atoms with E-state index in [2.05, 4.69) is 0 Å². The Morgan fingerprint density at radius 1 is 1.11 bits per heavy atom. The molecule has 0 aliphatic carbocycles. The smallest absolute Gasteiger partial charge is 0.394 e. The molecule has 1 fully saturated rings. The molecule has 2 rings (SSSR count). The number of aliphatic hydroxyl groups is 2. The average molecular weight is 258 g/mol. The highest BCUT2D eigenvalue weighted by Gasteiger charge is 2.51. The molecule has 98 valence electrons. The molecule has 2 nitrogen and oxygen atoms in total. The van der Waals surface area contributed by atoms with E-state index in [1.54, 1.807) is 30.3 Å². The van der Waals surface area contributed by atoms with Crippen LogP contribution >= 0.6 is 0 Å². The van der Waals surface area contributed by atoms with E-state index in [1.807, 2.05) is 0 Å². The fourth-order valence-electron chi connectivity index (χ4n) is 2.60. The molecule has 6 heteroatoms. The summed E-state index contributed by atoms with van der Waals surface area (Å²) in [5.41, 5.74) is 0.768. The molecule has 1 aliphatic heterocycles. The number of hydrogen-bond acceptors (Lipinski definition) is 2. The predicted octanol–water partition coefficient (Wildman–Crippen LogP) is 1.23. The minimum Gasteiger partial charge on any atom is -0.398 e. The van der Waals surface area contributed by atoms with Crippen molar-refractivity contribution in [3.63, 3.8) is 0 Å². The number of benzene rings is 1. The van der Waals surface area contributed by atoms with Crippen molar-refractivity contribution in [2.45, 2.75) is 31.0 Å². The molecule has 0 bridgehead atoms. The quantitative estimate of drug-likeness (QED) is 0.744. The van der Waals surface area contributed by atoms with Crippen molar-refractivity contribution in [3.8, 4) is 0 Å². The summed E-state index contributed by atoms with van der Waals surface area (Å²) >= 11 is 0. The third kappa shape index (κ3) is 2.54. The Labute approximate surface area is 104 Å². The number of alkyl halides is 3. The molecule has 3 atom stereocenters. The molecule has 0 radical (unpaired) electrons. The van der Waals surface area contributed by atoms with Gasteiger partial charge in [-0.3, -0.25) is 0 Å². The fraction of sp³-hybridized carbons (Fsp3) is 0.500. The highest BCUT2D eigenvalue weighted by atomic mass is 19.4. The Kier molecular flexibility index (Phi) is 3.68. The molecule has 0 aromatic heterocycles. The van der Waals surface area contributed by atoms with Crippen LogP contribution in [0.15, 0.2) is 30.3 Å². The second-order valence-electron chi connectivity index (χ2n) is 4.72. The van der Waals surface area contributed by atoms with Crippen LogP contribution in [0.2, 0.25) is 6.32 Å². The van der Waals surface area contributed by atoms with Crippen LogP contribution in [0.5, 0.6) is 0 Å². The van der Waals surface area contributed by atoms with Gasteiger partial charge in [-0.15, -0.1) is 0 Å². The van der Waals surface area contributed by atoms with Crippen LogP contribution in [-0.2, 0) is 0 Å². The maximum Gasteiger partial charge on any atom is 0.394 e. The van der Waals surface area contributed by atoms with Gasteiger partial charge < -0.3 is 10.2 Å². The van der Waals surface area contributed by atoms with E-state index in [1.165, 1.54) is 0 Å². The van der Waals surface area contributed by atoms with Crippen LogP contribution in [0.3, 0.4) is 0 Å². The van der Waals surface area contributed by atoms with Crippen LogP contribution in [-0.4, -0.2) is 35.2 Å². The molecule has 3 unspecified atom stereocenters. The van der Waals surface area contributed by atoms with Crippen molar-refractivity contribution in [3.05, 3.63) is 30.3 Å². The van der Waals surface area contributed by atoms with Gasteiger partial charge in [0.15, 0.2) is 0 Å². The Bertz CT molecular complexity index is 396. The van der Waals surface area contributed by atoms with E-state index < -0.39 is 30.9 Å². The van der Waals surface area contributed by atoms with Crippen molar-refractivity contribution in [2.75, 3.05) is 0 Å². The summed E-state index contributed by atoms with van der Waals surface area (Å²) in [5, 5.41) is 19.5. The van der Waals surface area contributed by atoms with Gasteiger partial charge in [-0.25, -0.2) is 0 Å². The summed E-state index contributed by atoms with van der Waals surface area (Å²) in [7, 11) is 0. The first-order chi connectivity index (χ1) is 8.41. The second kappa shape index (κ2) is 4.94. The molecule has 1 heterocycles. The van der Waals surface area contributed by atoms with Crippen molar-refractivity contribution in [2.24, 2.45) is 5.92 Å². The monoisotopic (exact) mass is 258 g/mol. The minimum absolute atomic E-state index is 0.152.